The van der Waals surface area contributed by atoms with E-state index in [2.05, 4.69) is 10.6 Å². The average Bonchev–Trinajstić information content (AvgIpc) is 3.40. The van der Waals surface area contributed by atoms with Gasteiger partial charge in [0.25, 0.3) is 5.91 Å². The summed E-state index contributed by atoms with van der Waals surface area (Å²) in [5.41, 5.74) is 22.2. The van der Waals surface area contributed by atoms with Crippen molar-refractivity contribution in [1.82, 2.24) is 10.6 Å². The van der Waals surface area contributed by atoms with Gasteiger partial charge in [-0.05, 0) is 65.1 Å². The number of ether oxygens (including phenoxy) is 2. The van der Waals surface area contributed by atoms with Gasteiger partial charge in [0.2, 0.25) is 5.91 Å². The molecule has 3 atom stereocenters. The minimum atomic E-state index is -1.14. The van der Waals surface area contributed by atoms with Gasteiger partial charge in [0.15, 0.2) is 0 Å². The summed E-state index contributed by atoms with van der Waals surface area (Å²) in [7, 11) is 1.25. The Morgan fingerprint density at radius 2 is 1.47 bits per heavy atom. The van der Waals surface area contributed by atoms with Gasteiger partial charge in [-0.2, -0.15) is 0 Å². The Balaban J connectivity index is 1.56. The van der Waals surface area contributed by atoms with Crippen molar-refractivity contribution in [2.45, 2.75) is 57.2 Å². The van der Waals surface area contributed by atoms with E-state index < -0.39 is 54.0 Å². The van der Waals surface area contributed by atoms with Crippen LogP contribution in [-0.2, 0) is 30.3 Å². The van der Waals surface area contributed by atoms with Gasteiger partial charge in [-0.25, -0.2) is 9.59 Å². The number of benzene rings is 3. The molecule has 13 heteroatoms. The molecule has 0 saturated heterocycles. The van der Waals surface area contributed by atoms with Crippen LogP contribution in [0.1, 0.15) is 49.3 Å². The fourth-order valence-corrected chi connectivity index (χ4v) is 6.08. The van der Waals surface area contributed by atoms with Gasteiger partial charge in [-0.1, -0.05) is 74.5 Å². The summed E-state index contributed by atoms with van der Waals surface area (Å²) in [5, 5.41) is 5.19. The lowest BCUT2D eigenvalue weighted by molar-refractivity contribution is -0.142. The molecule has 0 saturated carbocycles. The molecule has 0 heterocycles. The van der Waals surface area contributed by atoms with E-state index in [1.165, 1.54) is 12.0 Å². The molecule has 3 aromatic rings. The van der Waals surface area contributed by atoms with Crippen LogP contribution in [0.3, 0.4) is 0 Å². The average molecular weight is 673 g/mol. The molecule has 13 nitrogen and oxygen atoms in total. The first-order valence-corrected chi connectivity index (χ1v) is 16.1. The lowest BCUT2D eigenvalue weighted by atomic mass is 9.98. The summed E-state index contributed by atoms with van der Waals surface area (Å²) in [6, 6.07) is 18.6. The number of methoxy groups -OCH3 is 1. The Kier molecular flexibility index (Phi) is 12.3. The topological polar surface area (TPSA) is 209 Å². The number of amides is 5. The number of fused-ring (bicyclic) bond motifs is 3. The summed E-state index contributed by atoms with van der Waals surface area (Å²) in [5.74, 6) is -2.54. The molecule has 0 radical (unpaired) electrons. The smallest absolute Gasteiger partial charge is 0.407 e. The van der Waals surface area contributed by atoms with E-state index in [9.17, 15) is 24.0 Å². The molecular formula is C36H44N6O7. The fourth-order valence-electron chi connectivity index (χ4n) is 6.08. The number of hydrogen-bond donors (Lipinski definition) is 5. The quantitative estimate of drug-likeness (QED) is 0.119. The van der Waals surface area contributed by atoms with Crippen LogP contribution in [0.25, 0.3) is 11.1 Å². The first-order valence-electron chi connectivity index (χ1n) is 16.1. The van der Waals surface area contributed by atoms with Crippen molar-refractivity contribution < 1.29 is 33.4 Å². The highest BCUT2D eigenvalue weighted by atomic mass is 16.5. The molecule has 1 aliphatic carbocycles. The van der Waals surface area contributed by atoms with E-state index >= 15 is 0 Å². The molecule has 0 aromatic heterocycles. The van der Waals surface area contributed by atoms with Crippen LogP contribution < -0.4 is 32.7 Å². The minimum absolute atomic E-state index is 0.0501. The molecule has 3 aromatic carbocycles. The third kappa shape index (κ3) is 8.93. The molecular weight excluding hydrogens is 628 g/mol. The zero-order valence-electron chi connectivity index (χ0n) is 27.9. The summed E-state index contributed by atoms with van der Waals surface area (Å²) in [6.45, 7) is 3.72. The Morgan fingerprint density at radius 3 is 2.00 bits per heavy atom. The Morgan fingerprint density at radius 1 is 0.878 bits per heavy atom. The lowest BCUT2D eigenvalue weighted by Crippen LogP contribution is -2.57. The molecule has 1 aliphatic rings. The number of anilines is 1. The number of nitrogens with two attached hydrogens (primary N) is 3. The number of nitrogens with one attached hydrogen (secondary N) is 2. The number of carbonyl (C=O) groups is 5. The van der Waals surface area contributed by atoms with Gasteiger partial charge in [0, 0.05) is 18.2 Å². The van der Waals surface area contributed by atoms with E-state index in [0.717, 1.165) is 22.3 Å². The van der Waals surface area contributed by atoms with Crippen molar-refractivity contribution in [2.24, 2.45) is 23.1 Å². The first-order chi connectivity index (χ1) is 23.4. The van der Waals surface area contributed by atoms with Gasteiger partial charge < -0.3 is 37.3 Å². The van der Waals surface area contributed by atoms with E-state index in [-0.39, 0.29) is 38.3 Å². The third-order valence-electron chi connectivity index (χ3n) is 8.55. The number of nitrogens with zero attached hydrogens (tertiary/aromatic N) is 1. The second-order valence-electron chi connectivity index (χ2n) is 12.3. The van der Waals surface area contributed by atoms with Crippen LogP contribution in [0.2, 0.25) is 0 Å². The highest BCUT2D eigenvalue weighted by molar-refractivity contribution is 6.04. The number of rotatable bonds is 15. The van der Waals surface area contributed by atoms with Crippen molar-refractivity contribution in [2.75, 3.05) is 25.2 Å². The monoisotopic (exact) mass is 672 g/mol. The van der Waals surface area contributed by atoms with E-state index in [1.807, 2.05) is 48.5 Å². The number of carbonyl (C=O) groups excluding carboxylic acids is 5. The second kappa shape index (κ2) is 16.6. The minimum Gasteiger partial charge on any atom is -0.468 e. The summed E-state index contributed by atoms with van der Waals surface area (Å²) in [4.78, 5) is 64.8. The van der Waals surface area contributed by atoms with Crippen LogP contribution in [-0.4, -0.2) is 68.3 Å². The molecule has 49 heavy (non-hydrogen) atoms. The highest BCUT2D eigenvalue weighted by Gasteiger charge is 2.37. The molecule has 0 fully saturated rings. The van der Waals surface area contributed by atoms with E-state index in [0.29, 0.717) is 11.3 Å². The number of alkyl carbamates (subject to hydrolysis) is 1. The van der Waals surface area contributed by atoms with Crippen molar-refractivity contribution in [3.05, 3.63) is 89.5 Å². The van der Waals surface area contributed by atoms with Crippen LogP contribution >= 0.6 is 0 Å². The number of esters is 1. The standard InChI is InChI=1S/C36H44N6O7/c1-21(2)31(41-36(47)49-20-28-26-11-6-4-9-24(26)25-10-5-7-12-27(25)28)33(44)42(30(32(38)43)13-8-18-40-35(39)46)23-16-14-22(15-17-23)19-29(37)34(45)48-3/h4-7,9-12,14-17,21,28-31H,8,13,18-20,37H2,1-3H3,(H2,38,43)(H,41,47)(H3,39,40,46)/t29-,30-,31-/m0/s1. The molecule has 0 spiro atoms. The van der Waals surface area contributed by atoms with Crippen molar-refractivity contribution in [1.29, 1.82) is 0 Å². The van der Waals surface area contributed by atoms with E-state index in [4.69, 9.17) is 26.7 Å². The van der Waals surface area contributed by atoms with Crippen LogP contribution in [0.5, 0.6) is 0 Å². The van der Waals surface area contributed by atoms with Crippen LogP contribution in [0.4, 0.5) is 15.3 Å². The van der Waals surface area contributed by atoms with Gasteiger partial charge in [-0.15, -0.1) is 0 Å². The molecule has 0 unspecified atom stereocenters. The predicted octanol–water partition coefficient (Wildman–Crippen LogP) is 2.93. The molecule has 5 amide bonds. The Labute approximate surface area is 285 Å². The van der Waals surface area contributed by atoms with Crippen molar-refractivity contribution in [3.63, 3.8) is 0 Å². The third-order valence-corrected chi connectivity index (χ3v) is 8.55. The van der Waals surface area contributed by atoms with Crippen molar-refractivity contribution in [3.8, 4) is 11.1 Å². The van der Waals surface area contributed by atoms with Gasteiger partial charge >= 0.3 is 18.1 Å². The molecule has 4 rings (SSSR count). The Hall–Kier alpha value is -5.43. The lowest BCUT2D eigenvalue weighted by Gasteiger charge is -2.34. The zero-order chi connectivity index (χ0) is 35.7. The molecule has 0 aliphatic heterocycles. The maximum atomic E-state index is 14.4. The SMILES string of the molecule is COC(=O)[C@@H](N)Cc1ccc(N(C(=O)[C@@H](NC(=O)OCC2c3ccccc3-c3ccccc32)C(C)C)[C@@H](CCCNC(N)=O)C(N)=O)cc1. The summed E-state index contributed by atoms with van der Waals surface area (Å²) >= 11 is 0. The summed E-state index contributed by atoms with van der Waals surface area (Å²) in [6.07, 6.45) is -0.246. The summed E-state index contributed by atoms with van der Waals surface area (Å²) < 4.78 is 10.4. The van der Waals surface area contributed by atoms with Gasteiger partial charge in [-0.3, -0.25) is 19.3 Å². The van der Waals surface area contributed by atoms with Crippen molar-refractivity contribution >= 4 is 35.6 Å². The fraction of sp³-hybridized carbons (Fsp3) is 0.361. The van der Waals surface area contributed by atoms with Gasteiger partial charge in [0.05, 0.1) is 7.11 Å². The predicted molar refractivity (Wildman–Crippen MR) is 184 cm³/mol. The molecule has 8 N–H and O–H groups in total. The Bertz CT molecular complexity index is 1620. The number of hydrogen-bond acceptors (Lipinski definition) is 8. The molecule has 260 valence electrons. The normalized spacial score (nSPS) is 13.7. The number of primary amides is 2. The first kappa shape index (κ1) is 36.4. The highest BCUT2D eigenvalue weighted by Crippen LogP contribution is 2.44. The number of urea groups is 1. The maximum absolute atomic E-state index is 14.4. The van der Waals surface area contributed by atoms with Gasteiger partial charge in [0.1, 0.15) is 24.7 Å². The van der Waals surface area contributed by atoms with Crippen LogP contribution in [0, 0.1) is 5.92 Å². The van der Waals surface area contributed by atoms with Crippen LogP contribution in [0.15, 0.2) is 72.8 Å². The van der Waals surface area contributed by atoms with E-state index in [1.54, 1.807) is 38.1 Å². The zero-order valence-corrected chi connectivity index (χ0v) is 27.9. The largest absolute Gasteiger partial charge is 0.468 e. The maximum Gasteiger partial charge on any atom is 0.407 e. The molecule has 0 bridgehead atoms. The second-order valence-corrected chi connectivity index (χ2v) is 12.3.